The van der Waals surface area contributed by atoms with Crippen molar-refractivity contribution in [3.05, 3.63) is 58.7 Å². The van der Waals surface area contributed by atoms with Crippen molar-refractivity contribution in [3.63, 3.8) is 0 Å². The molecule has 4 rings (SSSR count). The van der Waals surface area contributed by atoms with Crippen LogP contribution in [0, 0.1) is 0 Å². The zero-order valence-corrected chi connectivity index (χ0v) is 26.8. The fraction of sp³-hybridized carbons (Fsp3) is 0.611. The minimum absolute atomic E-state index is 0.0665. The second-order valence-corrected chi connectivity index (χ2v) is 15.9. The van der Waals surface area contributed by atoms with Gasteiger partial charge in [0.2, 0.25) is 11.4 Å². The summed E-state index contributed by atoms with van der Waals surface area (Å²) in [6.45, 7) is 30.6. The molecule has 0 bridgehead atoms. The standard InChI is InChI=1S/C36H54N2/c1-24-37(31-22-25(33(2,3)4)18-20-27(31)35(8,9)10)29-16-14-15-17-30(29)38(24)32-23-26(34(5,6)7)19-21-28(32)36(11,12)13/h18-24H,14-17H2,1-13H3/q+2. The summed E-state index contributed by atoms with van der Waals surface area (Å²) in [7, 11) is 0. The van der Waals surface area contributed by atoms with E-state index in [4.69, 9.17) is 0 Å². The second-order valence-electron chi connectivity index (χ2n) is 15.9. The Morgan fingerprint density at radius 3 is 1.16 bits per heavy atom. The minimum atomic E-state index is 0.0665. The Kier molecular flexibility index (Phi) is 7.16. The van der Waals surface area contributed by atoms with Crippen molar-refractivity contribution in [3.8, 4) is 0 Å². The van der Waals surface area contributed by atoms with Gasteiger partial charge >= 0.3 is 6.17 Å². The number of hydrogen-bond acceptors (Lipinski definition) is 0. The quantitative estimate of drug-likeness (QED) is 0.352. The summed E-state index contributed by atoms with van der Waals surface area (Å²) in [6.07, 6.45) is 5.08. The molecule has 0 amide bonds. The zero-order valence-electron chi connectivity index (χ0n) is 26.8. The predicted molar refractivity (Wildman–Crippen MR) is 165 cm³/mol. The lowest BCUT2D eigenvalue weighted by Gasteiger charge is -2.26. The Labute approximate surface area is 233 Å². The lowest BCUT2D eigenvalue weighted by atomic mass is 9.80. The summed E-state index contributed by atoms with van der Waals surface area (Å²) in [6, 6.07) is 14.6. The van der Waals surface area contributed by atoms with E-state index < -0.39 is 0 Å². The highest BCUT2D eigenvalue weighted by Crippen LogP contribution is 2.42. The maximum atomic E-state index is 2.72. The van der Waals surface area contributed by atoms with Crippen molar-refractivity contribution in [2.45, 2.75) is 144 Å². The fourth-order valence-corrected chi connectivity index (χ4v) is 6.32. The summed E-state index contributed by atoms with van der Waals surface area (Å²) in [5.41, 5.74) is 11.9. The van der Waals surface area contributed by atoms with Gasteiger partial charge < -0.3 is 0 Å². The van der Waals surface area contributed by atoms with Gasteiger partial charge in [-0.3, -0.25) is 0 Å². The third-order valence-corrected chi connectivity index (χ3v) is 8.60. The molecular formula is C36H54N2+2. The van der Waals surface area contributed by atoms with E-state index in [0.29, 0.717) is 0 Å². The van der Waals surface area contributed by atoms with E-state index in [9.17, 15) is 0 Å². The van der Waals surface area contributed by atoms with Crippen LogP contribution in [0.2, 0.25) is 0 Å². The third kappa shape index (κ3) is 5.30. The number of nitrogens with zero attached hydrogens (tertiary/aromatic N) is 2. The molecule has 2 aromatic rings. The summed E-state index contributed by atoms with van der Waals surface area (Å²) < 4.78 is 5.45. The number of fused-ring (bicyclic) bond motifs is 1. The number of rotatable bonds is 2. The normalized spacial score (nSPS) is 17.9. The van der Waals surface area contributed by atoms with E-state index in [1.165, 1.54) is 46.5 Å². The van der Waals surface area contributed by atoms with Gasteiger partial charge in [-0.1, -0.05) is 107 Å². The van der Waals surface area contributed by atoms with E-state index in [2.05, 4.69) is 136 Å². The molecule has 0 saturated heterocycles. The molecule has 2 heteroatoms. The molecule has 0 aromatic heterocycles. The second kappa shape index (κ2) is 9.46. The Morgan fingerprint density at radius 1 is 0.526 bits per heavy atom. The average molecular weight is 515 g/mol. The zero-order chi connectivity index (χ0) is 28.4. The molecule has 2 aromatic carbocycles. The molecule has 2 aliphatic rings. The summed E-state index contributed by atoms with van der Waals surface area (Å²) >= 11 is 0. The highest BCUT2D eigenvalue weighted by Gasteiger charge is 2.50. The van der Waals surface area contributed by atoms with Gasteiger partial charge in [-0.2, -0.15) is 0 Å². The molecule has 206 valence electrons. The van der Waals surface area contributed by atoms with Crippen LogP contribution in [0.15, 0.2) is 36.4 Å². The van der Waals surface area contributed by atoms with Crippen LogP contribution in [0.25, 0.3) is 0 Å². The van der Waals surface area contributed by atoms with Crippen LogP contribution in [0.1, 0.15) is 138 Å². The van der Waals surface area contributed by atoms with Gasteiger partial charge in [0.25, 0.3) is 11.4 Å². The van der Waals surface area contributed by atoms with Crippen molar-refractivity contribution < 1.29 is 9.15 Å². The van der Waals surface area contributed by atoms with E-state index in [1.807, 2.05) is 0 Å². The number of benzene rings is 2. The summed E-state index contributed by atoms with van der Waals surface area (Å²) in [4.78, 5) is 0. The SMILES string of the molecule is CC1[N+](c2cc(C(C)(C)C)ccc2C(C)(C)C)=C2CCCCC2=[N+]1c1cc(C(C)(C)C)ccc1C(C)(C)C. The summed E-state index contributed by atoms with van der Waals surface area (Å²) in [5, 5.41) is 0. The smallest absolute Gasteiger partial charge is 0.128 e. The summed E-state index contributed by atoms with van der Waals surface area (Å²) in [5.74, 6) is 0. The van der Waals surface area contributed by atoms with Gasteiger partial charge in [-0.05, 0) is 45.6 Å². The molecule has 0 spiro atoms. The van der Waals surface area contributed by atoms with E-state index in [-0.39, 0.29) is 27.8 Å². The molecule has 38 heavy (non-hydrogen) atoms. The van der Waals surface area contributed by atoms with Crippen molar-refractivity contribution in [1.29, 1.82) is 0 Å². The van der Waals surface area contributed by atoms with Crippen molar-refractivity contribution >= 4 is 22.8 Å². The molecule has 1 fully saturated rings. The molecule has 0 unspecified atom stereocenters. The topological polar surface area (TPSA) is 6.02 Å². The lowest BCUT2D eigenvalue weighted by molar-refractivity contribution is -0.688. The maximum absolute atomic E-state index is 2.72. The molecule has 0 N–H and O–H groups in total. The van der Waals surface area contributed by atoms with Crippen molar-refractivity contribution in [2.75, 3.05) is 0 Å². The van der Waals surface area contributed by atoms with Crippen LogP contribution in [0.4, 0.5) is 11.4 Å². The molecule has 0 radical (unpaired) electrons. The first kappa shape index (κ1) is 28.8. The molecular weight excluding hydrogens is 460 g/mol. The first-order chi connectivity index (χ1) is 17.3. The fourth-order valence-electron chi connectivity index (χ4n) is 6.32. The van der Waals surface area contributed by atoms with E-state index in [1.54, 1.807) is 11.4 Å². The predicted octanol–water partition coefficient (Wildman–Crippen LogP) is 9.68. The van der Waals surface area contributed by atoms with Crippen molar-refractivity contribution in [1.82, 2.24) is 0 Å². The van der Waals surface area contributed by atoms with Gasteiger partial charge in [-0.25, -0.2) is 0 Å². The van der Waals surface area contributed by atoms with Crippen LogP contribution in [0.3, 0.4) is 0 Å². The van der Waals surface area contributed by atoms with Gasteiger partial charge in [0.05, 0.1) is 6.92 Å². The Hall–Kier alpha value is -2.22. The van der Waals surface area contributed by atoms with Gasteiger partial charge in [-0.15, -0.1) is 9.15 Å². The molecule has 1 aliphatic carbocycles. The molecule has 1 saturated carbocycles. The van der Waals surface area contributed by atoms with Crippen LogP contribution in [-0.2, 0) is 21.7 Å². The van der Waals surface area contributed by atoms with Crippen LogP contribution < -0.4 is 0 Å². The first-order valence-electron chi connectivity index (χ1n) is 14.9. The third-order valence-electron chi connectivity index (χ3n) is 8.60. The van der Waals surface area contributed by atoms with Crippen LogP contribution >= 0.6 is 0 Å². The Morgan fingerprint density at radius 2 is 0.868 bits per heavy atom. The van der Waals surface area contributed by atoms with Crippen LogP contribution in [0.5, 0.6) is 0 Å². The van der Waals surface area contributed by atoms with Crippen LogP contribution in [-0.4, -0.2) is 26.7 Å². The Bertz CT molecular complexity index is 1190. The minimum Gasteiger partial charge on any atom is -0.128 e. The van der Waals surface area contributed by atoms with E-state index >= 15 is 0 Å². The average Bonchev–Trinajstić information content (AvgIpc) is 3.07. The van der Waals surface area contributed by atoms with Gasteiger partial charge in [0, 0.05) is 36.1 Å². The number of hydrogen-bond donors (Lipinski definition) is 0. The molecule has 0 atom stereocenters. The highest BCUT2D eigenvalue weighted by atomic mass is 15.3. The monoisotopic (exact) mass is 514 g/mol. The molecule has 1 heterocycles. The van der Waals surface area contributed by atoms with Gasteiger partial charge in [0.1, 0.15) is 0 Å². The highest BCUT2D eigenvalue weighted by molar-refractivity contribution is 6.39. The maximum Gasteiger partial charge on any atom is 0.351 e. The van der Waals surface area contributed by atoms with Crippen molar-refractivity contribution in [2.24, 2.45) is 0 Å². The van der Waals surface area contributed by atoms with Gasteiger partial charge in [0.15, 0.2) is 0 Å². The van der Waals surface area contributed by atoms with E-state index in [0.717, 1.165) is 12.8 Å². The Balaban J connectivity index is 2.01. The molecule has 2 nitrogen and oxygen atoms in total. The molecule has 1 aliphatic heterocycles. The largest absolute Gasteiger partial charge is 0.351 e. The first-order valence-corrected chi connectivity index (χ1v) is 14.9. The lowest BCUT2D eigenvalue weighted by Crippen LogP contribution is -2.30.